The van der Waals surface area contributed by atoms with Gasteiger partial charge in [0.1, 0.15) is 5.76 Å². The van der Waals surface area contributed by atoms with Crippen LogP contribution in [0.3, 0.4) is 0 Å². The Morgan fingerprint density at radius 3 is 2.65 bits per heavy atom. The molecule has 2 amide bonds. The number of furan rings is 1. The molecule has 0 unspecified atom stereocenters. The van der Waals surface area contributed by atoms with Crippen molar-refractivity contribution in [3.05, 3.63) is 59.5 Å². The van der Waals surface area contributed by atoms with Crippen molar-refractivity contribution in [2.24, 2.45) is 0 Å². The van der Waals surface area contributed by atoms with Crippen molar-refractivity contribution < 1.29 is 14.0 Å². The largest absolute Gasteiger partial charge is 0.468 e. The highest BCUT2D eigenvalue weighted by molar-refractivity contribution is 5.95. The number of likely N-dealkylation sites (N-methyl/N-ethyl adjacent to an activating group) is 1. The van der Waals surface area contributed by atoms with Crippen molar-refractivity contribution in [3.8, 4) is 0 Å². The molecule has 1 aromatic carbocycles. The van der Waals surface area contributed by atoms with Crippen molar-refractivity contribution in [2.45, 2.75) is 26.4 Å². The third-order valence-corrected chi connectivity index (χ3v) is 3.61. The SMILES string of the molecule is Cc1cccc(C(=O)NNC(=O)[C@H](C)N(C)Cc2ccco2)c1. The lowest BCUT2D eigenvalue weighted by molar-refractivity contribution is -0.126. The summed E-state index contributed by atoms with van der Waals surface area (Å²) in [4.78, 5) is 25.9. The molecule has 0 aliphatic carbocycles. The molecule has 0 aliphatic rings. The van der Waals surface area contributed by atoms with E-state index in [1.807, 2.05) is 31.0 Å². The Kier molecular flexibility index (Phi) is 5.54. The number of carbonyl (C=O) groups excluding carboxylic acids is 2. The van der Waals surface area contributed by atoms with Crippen molar-refractivity contribution in [2.75, 3.05) is 7.05 Å². The molecule has 23 heavy (non-hydrogen) atoms. The van der Waals surface area contributed by atoms with Gasteiger partial charge in [0.05, 0.1) is 18.8 Å². The first-order valence-electron chi connectivity index (χ1n) is 7.37. The highest BCUT2D eigenvalue weighted by Gasteiger charge is 2.19. The van der Waals surface area contributed by atoms with Crippen molar-refractivity contribution in [1.29, 1.82) is 0 Å². The maximum Gasteiger partial charge on any atom is 0.269 e. The molecule has 0 bridgehead atoms. The Morgan fingerprint density at radius 1 is 1.22 bits per heavy atom. The zero-order valence-corrected chi connectivity index (χ0v) is 13.5. The van der Waals surface area contributed by atoms with Crippen LogP contribution in [0.5, 0.6) is 0 Å². The summed E-state index contributed by atoms with van der Waals surface area (Å²) in [5, 5.41) is 0. The van der Waals surface area contributed by atoms with Gasteiger partial charge in [0.25, 0.3) is 11.8 Å². The normalized spacial score (nSPS) is 12.0. The molecule has 6 nitrogen and oxygen atoms in total. The van der Waals surface area contributed by atoms with E-state index in [1.165, 1.54) is 0 Å². The van der Waals surface area contributed by atoms with Gasteiger partial charge in [-0.1, -0.05) is 17.7 Å². The summed E-state index contributed by atoms with van der Waals surface area (Å²) < 4.78 is 5.26. The van der Waals surface area contributed by atoms with Gasteiger partial charge in [-0.2, -0.15) is 0 Å². The summed E-state index contributed by atoms with van der Waals surface area (Å²) >= 11 is 0. The van der Waals surface area contributed by atoms with Crippen LogP contribution in [0.25, 0.3) is 0 Å². The smallest absolute Gasteiger partial charge is 0.269 e. The number of amides is 2. The minimum Gasteiger partial charge on any atom is -0.468 e. The van der Waals surface area contributed by atoms with Gasteiger partial charge in [-0.25, -0.2) is 0 Å². The molecule has 2 aromatic rings. The summed E-state index contributed by atoms with van der Waals surface area (Å²) in [6.45, 7) is 4.17. The summed E-state index contributed by atoms with van der Waals surface area (Å²) in [7, 11) is 1.81. The fraction of sp³-hybridized carbons (Fsp3) is 0.294. The highest BCUT2D eigenvalue weighted by Crippen LogP contribution is 2.07. The first-order valence-corrected chi connectivity index (χ1v) is 7.37. The second kappa shape index (κ2) is 7.60. The first kappa shape index (κ1) is 16.8. The highest BCUT2D eigenvalue weighted by atomic mass is 16.3. The van der Waals surface area contributed by atoms with Gasteiger partial charge in [-0.05, 0) is 45.2 Å². The van der Waals surface area contributed by atoms with Crippen LogP contribution in [-0.4, -0.2) is 29.8 Å². The second-order valence-electron chi connectivity index (χ2n) is 5.48. The Bertz CT molecular complexity index is 667. The number of hydrogen-bond donors (Lipinski definition) is 2. The predicted molar refractivity (Wildman–Crippen MR) is 86.4 cm³/mol. The molecule has 0 fully saturated rings. The van der Waals surface area contributed by atoms with Crippen LogP contribution in [0, 0.1) is 6.92 Å². The summed E-state index contributed by atoms with van der Waals surface area (Å²) in [6.07, 6.45) is 1.59. The van der Waals surface area contributed by atoms with Gasteiger partial charge in [0, 0.05) is 5.56 Å². The number of carbonyl (C=O) groups is 2. The molecule has 0 radical (unpaired) electrons. The molecule has 0 aliphatic heterocycles. The van der Waals surface area contributed by atoms with Crippen LogP contribution in [0.4, 0.5) is 0 Å². The average Bonchev–Trinajstić information content (AvgIpc) is 3.04. The zero-order valence-electron chi connectivity index (χ0n) is 13.5. The molecule has 0 saturated heterocycles. The number of hydrogen-bond acceptors (Lipinski definition) is 4. The van der Waals surface area contributed by atoms with Crippen LogP contribution in [0.15, 0.2) is 47.1 Å². The fourth-order valence-electron chi connectivity index (χ4n) is 2.07. The van der Waals surface area contributed by atoms with E-state index in [9.17, 15) is 9.59 Å². The maximum absolute atomic E-state index is 12.1. The van der Waals surface area contributed by atoms with Gasteiger partial charge in [0.2, 0.25) is 0 Å². The lowest BCUT2D eigenvalue weighted by Gasteiger charge is -2.22. The van der Waals surface area contributed by atoms with Crippen LogP contribution < -0.4 is 10.9 Å². The molecule has 0 spiro atoms. The minimum absolute atomic E-state index is 0.292. The number of benzene rings is 1. The Balaban J connectivity index is 1.84. The van der Waals surface area contributed by atoms with Crippen molar-refractivity contribution in [3.63, 3.8) is 0 Å². The maximum atomic E-state index is 12.1. The molecule has 0 saturated carbocycles. The van der Waals surface area contributed by atoms with E-state index in [-0.39, 0.29) is 11.8 Å². The average molecular weight is 315 g/mol. The minimum atomic E-state index is -0.419. The van der Waals surface area contributed by atoms with Gasteiger partial charge in [-0.15, -0.1) is 0 Å². The zero-order chi connectivity index (χ0) is 16.8. The lowest BCUT2D eigenvalue weighted by atomic mass is 10.1. The predicted octanol–water partition coefficient (Wildman–Crippen LogP) is 1.87. The van der Waals surface area contributed by atoms with Gasteiger partial charge in [-0.3, -0.25) is 25.3 Å². The summed E-state index contributed by atoms with van der Waals surface area (Å²) in [6, 6.07) is 10.4. The molecule has 1 atom stereocenters. The molecule has 6 heteroatoms. The third kappa shape index (κ3) is 4.69. The molecule has 2 rings (SSSR count). The van der Waals surface area contributed by atoms with Gasteiger partial charge in [0.15, 0.2) is 0 Å². The number of nitrogens with one attached hydrogen (secondary N) is 2. The molecular weight excluding hydrogens is 294 g/mol. The van der Waals surface area contributed by atoms with E-state index in [4.69, 9.17) is 4.42 Å². The van der Waals surface area contributed by atoms with E-state index in [2.05, 4.69) is 10.9 Å². The van der Waals surface area contributed by atoms with Crippen LogP contribution in [0.1, 0.15) is 28.6 Å². The van der Waals surface area contributed by atoms with Crippen molar-refractivity contribution >= 4 is 11.8 Å². The Hall–Kier alpha value is -2.60. The molecule has 1 heterocycles. The number of rotatable bonds is 5. The van der Waals surface area contributed by atoms with Crippen molar-refractivity contribution in [1.82, 2.24) is 15.8 Å². The Morgan fingerprint density at radius 2 is 2.00 bits per heavy atom. The van der Waals surface area contributed by atoms with Gasteiger partial charge < -0.3 is 4.42 Å². The topological polar surface area (TPSA) is 74.6 Å². The number of nitrogens with zero attached hydrogens (tertiary/aromatic N) is 1. The second-order valence-corrected chi connectivity index (χ2v) is 5.48. The van der Waals surface area contributed by atoms with Crippen LogP contribution in [0.2, 0.25) is 0 Å². The monoisotopic (exact) mass is 315 g/mol. The first-order chi connectivity index (χ1) is 11.0. The van der Waals surface area contributed by atoms with Crippen LogP contribution in [-0.2, 0) is 11.3 Å². The van der Waals surface area contributed by atoms with E-state index in [0.29, 0.717) is 12.1 Å². The summed E-state index contributed by atoms with van der Waals surface area (Å²) in [5.74, 6) is 0.138. The third-order valence-electron chi connectivity index (χ3n) is 3.61. The Labute approximate surface area is 135 Å². The molecule has 1 aromatic heterocycles. The number of aryl methyl sites for hydroxylation is 1. The van der Waals surface area contributed by atoms with E-state index in [1.54, 1.807) is 37.5 Å². The standard InChI is InChI=1S/C17H21N3O3/c1-12-6-4-7-14(10-12)17(22)19-18-16(21)13(2)20(3)11-15-8-5-9-23-15/h4-10,13H,11H2,1-3H3,(H,18,21)(H,19,22)/t13-/m0/s1. The fourth-order valence-corrected chi connectivity index (χ4v) is 2.07. The van der Waals surface area contributed by atoms with E-state index < -0.39 is 6.04 Å². The quantitative estimate of drug-likeness (QED) is 0.826. The summed E-state index contributed by atoms with van der Waals surface area (Å²) in [5.41, 5.74) is 6.37. The van der Waals surface area contributed by atoms with E-state index in [0.717, 1.165) is 11.3 Å². The number of hydrazine groups is 1. The van der Waals surface area contributed by atoms with Gasteiger partial charge >= 0.3 is 0 Å². The molecular formula is C17H21N3O3. The van der Waals surface area contributed by atoms with E-state index >= 15 is 0 Å². The molecule has 2 N–H and O–H groups in total. The van der Waals surface area contributed by atoms with Crippen LogP contribution >= 0.6 is 0 Å². The lowest BCUT2D eigenvalue weighted by Crippen LogP contribution is -2.50. The molecule has 122 valence electrons.